The molecule has 0 rings (SSSR count). The summed E-state index contributed by atoms with van der Waals surface area (Å²) < 4.78 is 29.5. The molecule has 1 nitrogen and oxygen atoms in total. The van der Waals surface area contributed by atoms with Crippen LogP contribution in [0.25, 0.3) is 0 Å². The van der Waals surface area contributed by atoms with Crippen LogP contribution in [0.15, 0.2) is 0 Å². The highest BCUT2D eigenvalue weighted by Crippen LogP contribution is 2.12. The highest BCUT2D eigenvalue weighted by atomic mass is 19.3. The predicted octanol–water partition coefficient (Wildman–Crippen LogP) is 1.23. The fourth-order valence-corrected chi connectivity index (χ4v) is 0.0722. The third kappa shape index (κ3) is 2.25. The second-order valence-electron chi connectivity index (χ2n) is 1.16. The van der Waals surface area contributed by atoms with Crippen LogP contribution in [0.3, 0.4) is 0 Å². The second kappa shape index (κ2) is 2.00. The monoisotopic (exact) mass is 109 g/mol. The molecule has 0 aromatic rings. The van der Waals surface area contributed by atoms with Gasteiger partial charge in [-0.05, 0) is 0 Å². The number of halogens is 2. The van der Waals surface area contributed by atoms with Gasteiger partial charge < -0.3 is 0 Å². The van der Waals surface area contributed by atoms with Crippen molar-refractivity contribution < 1.29 is 14.9 Å². The fraction of sp³-hybridized carbons (Fsp3) is 0.750. The summed E-state index contributed by atoms with van der Waals surface area (Å²) in [5, 5.41) is 0. The first-order valence-electron chi connectivity index (χ1n) is 2.39. The fourth-order valence-electron chi connectivity index (χ4n) is 0.0722. The topological polar surface area (TPSA) is 17.1 Å². The van der Waals surface area contributed by atoms with Crippen molar-refractivity contribution in [2.75, 3.05) is 0 Å². The first kappa shape index (κ1) is 4.68. The van der Waals surface area contributed by atoms with Gasteiger partial charge in [0.1, 0.15) is 1.37 Å². The second-order valence-corrected chi connectivity index (χ2v) is 1.16. The number of hydrogen-bond donors (Lipinski definition) is 0. The maximum absolute atomic E-state index is 11.7. The zero-order chi connectivity index (χ0) is 6.78. The Bertz CT molecular complexity index is 102. The molecule has 0 saturated carbocycles. The molecule has 0 aromatic carbocycles. The molecule has 0 atom stereocenters. The highest BCUT2D eigenvalue weighted by molar-refractivity contribution is 5.59. The predicted molar refractivity (Wildman–Crippen MR) is 21.3 cm³/mol. The van der Waals surface area contributed by atoms with Gasteiger partial charge in [0.2, 0.25) is 0 Å². The van der Waals surface area contributed by atoms with Gasteiger partial charge in [0.05, 0.1) is 0 Å². The Balaban J connectivity index is 3.91. The molecule has 0 aliphatic heterocycles. The largest absolute Gasteiger partial charge is 0.302 e. The number of carbonyl (C=O) groups is 1. The van der Waals surface area contributed by atoms with Gasteiger partial charge in [0.15, 0.2) is 6.26 Å². The number of rotatable bonds is 2. The normalized spacial score (nSPS) is 13.3. The lowest BCUT2D eigenvalue weighted by Gasteiger charge is -2.00. The van der Waals surface area contributed by atoms with Gasteiger partial charge in [0.25, 0.3) is 0 Å². The first-order valence-corrected chi connectivity index (χ1v) is 1.89. The Morgan fingerprint density at radius 1 is 2.00 bits per heavy atom. The van der Waals surface area contributed by atoms with Crippen molar-refractivity contribution in [3.63, 3.8) is 0 Å². The van der Waals surface area contributed by atoms with E-state index >= 15 is 0 Å². The van der Waals surface area contributed by atoms with Crippen molar-refractivity contribution in [1.82, 2.24) is 0 Å². The van der Waals surface area contributed by atoms with Crippen molar-refractivity contribution in [1.29, 1.82) is 0 Å². The smallest absolute Gasteiger partial charge is 0.297 e. The van der Waals surface area contributed by atoms with Gasteiger partial charge in [-0.25, -0.2) is 0 Å². The molecule has 0 saturated heterocycles. The average Bonchev–Trinajstić information content (AvgIpc) is 1.67. The van der Waals surface area contributed by atoms with E-state index in [1.54, 1.807) is 0 Å². The van der Waals surface area contributed by atoms with Crippen LogP contribution >= 0.6 is 0 Å². The summed E-state index contributed by atoms with van der Waals surface area (Å²) in [5.41, 5.74) is 0. The molecule has 0 fully saturated rings. The molecular formula is C4H6F2O. The third-order valence-corrected chi connectivity index (χ3v) is 0.593. The van der Waals surface area contributed by atoms with Crippen LogP contribution in [0, 0.1) is 0 Å². The third-order valence-electron chi connectivity index (χ3n) is 0.593. The van der Waals surface area contributed by atoms with Gasteiger partial charge in [-0.15, -0.1) is 0 Å². The number of alkyl halides is 2. The van der Waals surface area contributed by atoms with Crippen molar-refractivity contribution in [2.24, 2.45) is 0 Å². The lowest BCUT2D eigenvalue weighted by atomic mass is 10.3. The first-order chi connectivity index (χ1) is 3.50. The average molecular weight is 109 g/mol. The molecule has 42 valence electrons. The quantitative estimate of drug-likeness (QED) is 0.487. The van der Waals surface area contributed by atoms with E-state index in [9.17, 15) is 13.6 Å². The van der Waals surface area contributed by atoms with E-state index in [1.165, 1.54) is 0 Å². The van der Waals surface area contributed by atoms with Gasteiger partial charge in [-0.1, -0.05) is 6.92 Å². The Hall–Kier alpha value is -0.470. The minimum atomic E-state index is -3.43. The standard InChI is InChI=1S/C4H6F2O/c1-2-4(5,6)3-7/h3H,2H2,1H3/i3D. The van der Waals surface area contributed by atoms with Crippen molar-refractivity contribution >= 4 is 6.26 Å². The molecule has 0 amide bonds. The molecule has 0 aromatic heterocycles. The summed E-state index contributed by atoms with van der Waals surface area (Å²) >= 11 is 0. The van der Waals surface area contributed by atoms with E-state index in [0.717, 1.165) is 6.92 Å². The van der Waals surface area contributed by atoms with Crippen molar-refractivity contribution in [2.45, 2.75) is 19.3 Å². The van der Waals surface area contributed by atoms with E-state index in [1.807, 2.05) is 0 Å². The van der Waals surface area contributed by atoms with Gasteiger partial charge in [0, 0.05) is 6.42 Å². The van der Waals surface area contributed by atoms with E-state index in [4.69, 9.17) is 1.37 Å². The SMILES string of the molecule is [2H]C(=O)C(F)(F)CC. The van der Waals surface area contributed by atoms with Crippen LogP contribution in [0.2, 0.25) is 0 Å². The van der Waals surface area contributed by atoms with Crippen LogP contribution in [0.4, 0.5) is 8.78 Å². The molecule has 0 unspecified atom stereocenters. The number of hydrogen-bond acceptors (Lipinski definition) is 1. The molecule has 7 heavy (non-hydrogen) atoms. The van der Waals surface area contributed by atoms with E-state index in [-0.39, 0.29) is 0 Å². The molecule has 0 aliphatic rings. The number of carbonyl (C=O) groups excluding carboxylic acids is 1. The van der Waals surface area contributed by atoms with Gasteiger partial charge >= 0.3 is 5.92 Å². The molecule has 0 spiro atoms. The summed E-state index contributed by atoms with van der Waals surface area (Å²) in [4.78, 5) is 9.61. The van der Waals surface area contributed by atoms with Crippen LogP contribution in [0.1, 0.15) is 14.7 Å². The maximum atomic E-state index is 11.7. The van der Waals surface area contributed by atoms with Crippen LogP contribution < -0.4 is 0 Å². The molecule has 0 radical (unpaired) electrons. The van der Waals surface area contributed by atoms with Gasteiger partial charge in [-0.2, -0.15) is 8.78 Å². The molecule has 0 bridgehead atoms. The zero-order valence-electron chi connectivity index (χ0n) is 4.87. The van der Waals surface area contributed by atoms with E-state index in [0.29, 0.717) is 0 Å². The highest BCUT2D eigenvalue weighted by Gasteiger charge is 2.23. The molecule has 0 aliphatic carbocycles. The summed E-state index contributed by atoms with van der Waals surface area (Å²) in [6.07, 6.45) is -2.39. The Morgan fingerprint density at radius 2 is 2.43 bits per heavy atom. The van der Waals surface area contributed by atoms with Crippen molar-refractivity contribution in [3.05, 3.63) is 0 Å². The summed E-state index contributed by atoms with van der Waals surface area (Å²) in [6.45, 7) is 1.16. The molecule has 0 heterocycles. The van der Waals surface area contributed by atoms with E-state index in [2.05, 4.69) is 0 Å². The van der Waals surface area contributed by atoms with Gasteiger partial charge in [-0.3, -0.25) is 4.79 Å². The lowest BCUT2D eigenvalue weighted by Crippen LogP contribution is -2.14. The summed E-state index contributed by atoms with van der Waals surface area (Å²) in [7, 11) is 0. The van der Waals surface area contributed by atoms with E-state index < -0.39 is 18.6 Å². The molecule has 0 N–H and O–H groups in total. The Labute approximate surface area is 41.7 Å². The minimum absolute atomic E-state index is 0.588. The number of aldehydes is 1. The molecular weight excluding hydrogens is 102 g/mol. The lowest BCUT2D eigenvalue weighted by molar-refractivity contribution is -0.129. The van der Waals surface area contributed by atoms with Crippen LogP contribution in [-0.4, -0.2) is 12.2 Å². The molecule has 3 heteroatoms. The van der Waals surface area contributed by atoms with Crippen LogP contribution in [-0.2, 0) is 4.79 Å². The summed E-state index contributed by atoms with van der Waals surface area (Å²) in [6, 6.07) is 0. The van der Waals surface area contributed by atoms with Crippen molar-refractivity contribution in [3.8, 4) is 0 Å². The summed E-state index contributed by atoms with van der Waals surface area (Å²) in [5.74, 6) is -3.43. The Kier molecular flexibility index (Phi) is 1.34. The minimum Gasteiger partial charge on any atom is -0.297 e. The zero-order valence-corrected chi connectivity index (χ0v) is 3.87. The maximum Gasteiger partial charge on any atom is 0.302 e. The van der Waals surface area contributed by atoms with Crippen LogP contribution in [0.5, 0.6) is 0 Å². The Morgan fingerprint density at radius 3 is 2.43 bits per heavy atom.